The molecule has 7 heavy (non-hydrogen) atoms. The van der Waals surface area contributed by atoms with Crippen LogP contribution in [0, 0.1) is 5.92 Å². The third-order valence-electron chi connectivity index (χ3n) is 1.31. The Labute approximate surface area is 44.2 Å². The normalized spacial score (nSPS) is 29.6. The minimum absolute atomic E-state index is 0. The fraction of sp³-hybridized carbons (Fsp3) is 1.00. The molecular formula is C5H13NO. The van der Waals surface area contributed by atoms with Crippen LogP contribution >= 0.6 is 0 Å². The zero-order chi connectivity index (χ0) is 4.41. The van der Waals surface area contributed by atoms with Gasteiger partial charge in [-0.25, -0.2) is 0 Å². The quantitative estimate of drug-likeness (QED) is 0.453. The van der Waals surface area contributed by atoms with Gasteiger partial charge in [0.2, 0.25) is 0 Å². The zero-order valence-corrected chi connectivity index (χ0v) is 4.70. The van der Waals surface area contributed by atoms with Gasteiger partial charge < -0.3 is 10.8 Å². The van der Waals surface area contributed by atoms with Gasteiger partial charge in [0.1, 0.15) is 0 Å². The van der Waals surface area contributed by atoms with Gasteiger partial charge >= 0.3 is 0 Å². The van der Waals surface area contributed by atoms with E-state index >= 15 is 0 Å². The molecule has 0 amide bonds. The smallest absolute Gasteiger partial charge is 0.00227 e. The highest BCUT2D eigenvalue weighted by atomic mass is 16.0. The number of hydrogen-bond acceptors (Lipinski definition) is 1. The summed E-state index contributed by atoms with van der Waals surface area (Å²) in [5.41, 5.74) is 0. The van der Waals surface area contributed by atoms with Crippen molar-refractivity contribution in [3.63, 3.8) is 0 Å². The zero-order valence-electron chi connectivity index (χ0n) is 4.70. The first-order valence-electron chi connectivity index (χ1n) is 2.60. The van der Waals surface area contributed by atoms with Gasteiger partial charge in [0.15, 0.2) is 0 Å². The topological polar surface area (TPSA) is 43.5 Å². The lowest BCUT2D eigenvalue weighted by atomic mass is 10.2. The Morgan fingerprint density at radius 3 is 2.43 bits per heavy atom. The van der Waals surface area contributed by atoms with Crippen LogP contribution in [0.3, 0.4) is 0 Å². The van der Waals surface area contributed by atoms with Crippen molar-refractivity contribution >= 4 is 0 Å². The maximum Gasteiger partial charge on any atom is -0.00227 e. The van der Waals surface area contributed by atoms with E-state index in [-0.39, 0.29) is 5.48 Å². The second-order valence-electron chi connectivity index (χ2n) is 2.10. The third-order valence-corrected chi connectivity index (χ3v) is 1.31. The van der Waals surface area contributed by atoms with E-state index in [0.29, 0.717) is 0 Å². The van der Waals surface area contributed by atoms with Crippen LogP contribution in [0.15, 0.2) is 0 Å². The summed E-state index contributed by atoms with van der Waals surface area (Å²) in [4.78, 5) is 0. The Bertz CT molecular complexity index is 41.3. The predicted octanol–water partition coefficient (Wildman–Crippen LogP) is -0.209. The van der Waals surface area contributed by atoms with Crippen LogP contribution in [0.5, 0.6) is 0 Å². The summed E-state index contributed by atoms with van der Waals surface area (Å²) in [5, 5.41) is 3.27. The lowest BCUT2D eigenvalue weighted by Crippen LogP contribution is -2.06. The molecule has 1 aliphatic rings. The first kappa shape index (κ1) is 6.92. The molecule has 1 rings (SSSR count). The Morgan fingerprint density at radius 2 is 2.29 bits per heavy atom. The molecular weight excluding hydrogens is 90.1 g/mol. The van der Waals surface area contributed by atoms with E-state index in [1.165, 1.54) is 19.5 Å². The van der Waals surface area contributed by atoms with E-state index < -0.39 is 0 Å². The molecule has 0 radical (unpaired) electrons. The van der Waals surface area contributed by atoms with E-state index in [9.17, 15) is 0 Å². The number of nitrogens with one attached hydrogen (secondary N) is 1. The van der Waals surface area contributed by atoms with E-state index in [4.69, 9.17) is 0 Å². The first-order valence-corrected chi connectivity index (χ1v) is 2.60. The second kappa shape index (κ2) is 2.99. The van der Waals surface area contributed by atoms with Crippen LogP contribution in [-0.2, 0) is 0 Å². The molecule has 0 aromatic carbocycles. The van der Waals surface area contributed by atoms with E-state index in [2.05, 4.69) is 12.2 Å². The van der Waals surface area contributed by atoms with Crippen molar-refractivity contribution in [2.75, 3.05) is 13.1 Å². The van der Waals surface area contributed by atoms with Crippen molar-refractivity contribution in [2.45, 2.75) is 13.3 Å². The minimum Gasteiger partial charge on any atom is -0.412 e. The molecule has 2 nitrogen and oxygen atoms in total. The summed E-state index contributed by atoms with van der Waals surface area (Å²) < 4.78 is 0. The summed E-state index contributed by atoms with van der Waals surface area (Å²) in [6.07, 6.45) is 1.38. The van der Waals surface area contributed by atoms with Gasteiger partial charge in [0.25, 0.3) is 0 Å². The van der Waals surface area contributed by atoms with Crippen LogP contribution < -0.4 is 5.32 Å². The van der Waals surface area contributed by atoms with Gasteiger partial charge in [-0.1, -0.05) is 6.92 Å². The Kier molecular flexibility index (Phi) is 2.96. The third kappa shape index (κ3) is 1.90. The van der Waals surface area contributed by atoms with E-state index in [1.807, 2.05) is 0 Å². The molecule has 0 spiro atoms. The fourth-order valence-corrected chi connectivity index (χ4v) is 0.799. The lowest BCUT2D eigenvalue weighted by molar-refractivity contribution is 0.651. The molecule has 0 aromatic rings. The summed E-state index contributed by atoms with van der Waals surface area (Å²) >= 11 is 0. The van der Waals surface area contributed by atoms with Gasteiger partial charge in [0.05, 0.1) is 0 Å². The van der Waals surface area contributed by atoms with Crippen molar-refractivity contribution in [3.8, 4) is 0 Å². The maximum atomic E-state index is 3.27. The van der Waals surface area contributed by atoms with E-state index in [1.54, 1.807) is 0 Å². The molecule has 0 aliphatic carbocycles. The Hall–Kier alpha value is -0.0800. The standard InChI is InChI=1S/C5H11N.H2O/c1-5-2-3-6-4-5;/h5-6H,2-4H2,1H3;1H2. The number of rotatable bonds is 0. The molecule has 2 heteroatoms. The van der Waals surface area contributed by atoms with Gasteiger partial charge in [-0.05, 0) is 25.4 Å². The van der Waals surface area contributed by atoms with Crippen LogP contribution in [-0.4, -0.2) is 18.6 Å². The van der Waals surface area contributed by atoms with E-state index in [0.717, 1.165) is 5.92 Å². The molecule has 3 N–H and O–H groups in total. The SMILES string of the molecule is CC1CCNC1.O. The molecule has 44 valence electrons. The predicted molar refractivity (Wildman–Crippen MR) is 30.3 cm³/mol. The fourth-order valence-electron chi connectivity index (χ4n) is 0.799. The summed E-state index contributed by atoms with van der Waals surface area (Å²) in [7, 11) is 0. The average Bonchev–Trinajstić information content (AvgIpc) is 1.86. The van der Waals surface area contributed by atoms with Gasteiger partial charge in [-0.2, -0.15) is 0 Å². The molecule has 0 saturated carbocycles. The van der Waals surface area contributed by atoms with Crippen LogP contribution in [0.1, 0.15) is 13.3 Å². The first-order chi connectivity index (χ1) is 2.89. The summed E-state index contributed by atoms with van der Waals surface area (Å²) in [6, 6.07) is 0. The van der Waals surface area contributed by atoms with Crippen molar-refractivity contribution in [1.82, 2.24) is 5.32 Å². The van der Waals surface area contributed by atoms with Crippen LogP contribution in [0.4, 0.5) is 0 Å². The van der Waals surface area contributed by atoms with Crippen molar-refractivity contribution < 1.29 is 5.48 Å². The Morgan fingerprint density at radius 1 is 1.57 bits per heavy atom. The van der Waals surface area contributed by atoms with Crippen LogP contribution in [0.2, 0.25) is 0 Å². The number of hydrogen-bond donors (Lipinski definition) is 1. The van der Waals surface area contributed by atoms with Gasteiger partial charge in [0, 0.05) is 0 Å². The van der Waals surface area contributed by atoms with Gasteiger partial charge in [-0.15, -0.1) is 0 Å². The lowest BCUT2D eigenvalue weighted by Gasteiger charge is -1.90. The molecule has 1 aliphatic heterocycles. The molecule has 0 bridgehead atoms. The average molecular weight is 103 g/mol. The largest absolute Gasteiger partial charge is 0.412 e. The van der Waals surface area contributed by atoms with Crippen molar-refractivity contribution in [1.29, 1.82) is 0 Å². The Balaban J connectivity index is 0.000000360. The second-order valence-corrected chi connectivity index (χ2v) is 2.10. The van der Waals surface area contributed by atoms with Crippen molar-refractivity contribution in [2.24, 2.45) is 5.92 Å². The highest BCUT2D eigenvalue weighted by molar-refractivity contribution is 4.65. The molecule has 1 saturated heterocycles. The molecule has 1 atom stereocenters. The highest BCUT2D eigenvalue weighted by Gasteiger charge is 2.06. The molecule has 0 aromatic heterocycles. The highest BCUT2D eigenvalue weighted by Crippen LogP contribution is 2.03. The van der Waals surface area contributed by atoms with Crippen molar-refractivity contribution in [3.05, 3.63) is 0 Å². The minimum atomic E-state index is 0. The molecule has 1 unspecified atom stereocenters. The summed E-state index contributed by atoms with van der Waals surface area (Å²) in [5.74, 6) is 0.935. The molecule has 1 fully saturated rings. The monoisotopic (exact) mass is 103 g/mol. The maximum absolute atomic E-state index is 3.27. The van der Waals surface area contributed by atoms with Gasteiger partial charge in [-0.3, -0.25) is 0 Å². The van der Waals surface area contributed by atoms with Crippen LogP contribution in [0.25, 0.3) is 0 Å². The molecule has 1 heterocycles. The summed E-state index contributed by atoms with van der Waals surface area (Å²) in [6.45, 7) is 4.75.